The molecule has 0 N–H and O–H groups in total. The molecule has 1 aliphatic rings. The lowest BCUT2D eigenvalue weighted by atomic mass is 9.80. The van der Waals surface area contributed by atoms with Gasteiger partial charge < -0.3 is 9.47 Å². The Labute approximate surface area is 104 Å². The lowest BCUT2D eigenvalue weighted by Gasteiger charge is -2.34. The molecule has 16 heavy (non-hydrogen) atoms. The third kappa shape index (κ3) is 2.83. The Morgan fingerprint density at radius 1 is 1.62 bits per heavy atom. The van der Waals surface area contributed by atoms with E-state index in [1.54, 1.807) is 0 Å². The molecule has 0 aliphatic carbocycles. The Morgan fingerprint density at radius 3 is 2.75 bits per heavy atom. The summed E-state index contributed by atoms with van der Waals surface area (Å²) in [7, 11) is 0. The Bertz CT molecular complexity index is 265. The predicted molar refractivity (Wildman–Crippen MR) is 70.7 cm³/mol. The monoisotopic (exact) mass is 242 g/mol. The van der Waals surface area contributed by atoms with Gasteiger partial charge in [-0.25, -0.2) is 0 Å². The van der Waals surface area contributed by atoms with Gasteiger partial charge in [0.25, 0.3) is 0 Å². The van der Waals surface area contributed by atoms with Gasteiger partial charge in [0.05, 0.1) is 24.2 Å². The average molecular weight is 242 g/mol. The second-order valence-corrected chi connectivity index (χ2v) is 5.01. The molecule has 0 spiro atoms. The molecule has 1 unspecified atom stereocenters. The van der Waals surface area contributed by atoms with Crippen molar-refractivity contribution in [2.24, 2.45) is 5.41 Å². The van der Waals surface area contributed by atoms with Crippen molar-refractivity contribution >= 4 is 17.3 Å². The summed E-state index contributed by atoms with van der Waals surface area (Å²) >= 11 is 5.38. The van der Waals surface area contributed by atoms with Gasteiger partial charge in [0.2, 0.25) is 0 Å². The highest BCUT2D eigenvalue weighted by molar-refractivity contribution is 7.80. The summed E-state index contributed by atoms with van der Waals surface area (Å²) in [5.41, 5.74) is -0.210. The zero-order valence-corrected chi connectivity index (χ0v) is 11.3. The van der Waals surface area contributed by atoms with E-state index in [0.717, 1.165) is 19.3 Å². The van der Waals surface area contributed by atoms with E-state index < -0.39 is 0 Å². The van der Waals surface area contributed by atoms with Crippen molar-refractivity contribution in [2.75, 3.05) is 6.61 Å². The zero-order valence-electron chi connectivity index (χ0n) is 10.5. The lowest BCUT2D eigenvalue weighted by molar-refractivity contribution is -0.00172. The van der Waals surface area contributed by atoms with Crippen LogP contribution in [-0.4, -0.2) is 23.9 Å². The average Bonchev–Trinajstić information content (AvgIpc) is 2.66. The third-order valence-electron chi connectivity index (χ3n) is 3.25. The van der Waals surface area contributed by atoms with Crippen LogP contribution in [0.15, 0.2) is 12.7 Å². The van der Waals surface area contributed by atoms with E-state index in [9.17, 15) is 0 Å². The van der Waals surface area contributed by atoms with Gasteiger partial charge in [0, 0.05) is 0 Å². The summed E-state index contributed by atoms with van der Waals surface area (Å²) in [6, 6.07) is 0. The Hall–Kier alpha value is -0.410. The van der Waals surface area contributed by atoms with Gasteiger partial charge in [-0.15, -0.1) is 6.58 Å². The second-order valence-electron chi connectivity index (χ2n) is 4.64. The fourth-order valence-corrected chi connectivity index (χ4v) is 2.55. The van der Waals surface area contributed by atoms with Crippen LogP contribution in [0, 0.1) is 5.41 Å². The van der Waals surface area contributed by atoms with E-state index >= 15 is 0 Å². The molecule has 3 atom stereocenters. The molecule has 1 rings (SSSR count). The fourth-order valence-electron chi connectivity index (χ4n) is 2.21. The molecular formula is C13H22O2S. The summed E-state index contributed by atoms with van der Waals surface area (Å²) in [6.45, 7) is 10.6. The predicted octanol–water partition coefficient (Wildman–Crippen LogP) is 3.50. The molecule has 1 fully saturated rings. The molecule has 0 aromatic heterocycles. The smallest absolute Gasteiger partial charge is 0.168 e. The highest BCUT2D eigenvalue weighted by atomic mass is 32.1. The molecule has 0 saturated carbocycles. The minimum Gasteiger partial charge on any atom is -0.487 e. The number of allylic oxidation sites excluding steroid dienone is 1. The lowest BCUT2D eigenvalue weighted by Crippen LogP contribution is -2.40. The number of rotatable bonds is 5. The van der Waals surface area contributed by atoms with Gasteiger partial charge >= 0.3 is 0 Å². The Kier molecular flexibility index (Phi) is 4.93. The zero-order chi connectivity index (χ0) is 12.2. The van der Waals surface area contributed by atoms with Crippen molar-refractivity contribution in [3.05, 3.63) is 12.7 Å². The maximum absolute atomic E-state index is 5.93. The van der Waals surface area contributed by atoms with Gasteiger partial charge in [-0.2, -0.15) is 0 Å². The van der Waals surface area contributed by atoms with Gasteiger partial charge in [0.15, 0.2) is 5.05 Å². The van der Waals surface area contributed by atoms with E-state index in [2.05, 4.69) is 20.4 Å². The molecule has 3 heteroatoms. The summed E-state index contributed by atoms with van der Waals surface area (Å²) in [5, 5.41) is 0.661. The van der Waals surface area contributed by atoms with Crippen LogP contribution in [0.2, 0.25) is 0 Å². The van der Waals surface area contributed by atoms with Crippen molar-refractivity contribution in [2.45, 2.75) is 52.2 Å². The Balaban J connectivity index is 2.78. The first kappa shape index (κ1) is 13.7. The quantitative estimate of drug-likeness (QED) is 0.543. The van der Waals surface area contributed by atoms with Gasteiger partial charge in [-0.05, 0) is 52.3 Å². The number of hydrogen-bond acceptors (Lipinski definition) is 3. The molecule has 1 aliphatic heterocycles. The molecule has 2 nitrogen and oxygen atoms in total. The van der Waals surface area contributed by atoms with E-state index in [1.807, 2.05) is 13.0 Å². The first-order valence-electron chi connectivity index (χ1n) is 5.98. The highest BCUT2D eigenvalue weighted by Crippen LogP contribution is 2.38. The van der Waals surface area contributed by atoms with Gasteiger partial charge in [-0.1, -0.05) is 6.08 Å². The van der Waals surface area contributed by atoms with E-state index in [1.165, 1.54) is 0 Å². The van der Waals surface area contributed by atoms with Crippen molar-refractivity contribution in [1.82, 2.24) is 0 Å². The SMILES string of the molecule is C=CCC(C)(C(=S)OCC)[C@@H]1CC[C@H](C)O1. The first-order valence-corrected chi connectivity index (χ1v) is 6.39. The molecule has 0 aromatic rings. The summed E-state index contributed by atoms with van der Waals surface area (Å²) in [5.74, 6) is 0. The fraction of sp³-hybridized carbons (Fsp3) is 0.769. The highest BCUT2D eigenvalue weighted by Gasteiger charge is 2.42. The second kappa shape index (κ2) is 5.78. The summed E-state index contributed by atoms with van der Waals surface area (Å²) in [6.07, 6.45) is 5.37. The number of thiocarbonyl (C=S) groups is 1. The van der Waals surface area contributed by atoms with Crippen LogP contribution in [0.5, 0.6) is 0 Å². The summed E-state index contributed by atoms with van der Waals surface area (Å²) < 4.78 is 11.4. The van der Waals surface area contributed by atoms with E-state index in [0.29, 0.717) is 17.8 Å². The van der Waals surface area contributed by atoms with Crippen molar-refractivity contribution in [3.8, 4) is 0 Å². The molecule has 92 valence electrons. The number of hydrogen-bond donors (Lipinski definition) is 0. The van der Waals surface area contributed by atoms with Crippen LogP contribution in [0.25, 0.3) is 0 Å². The third-order valence-corrected chi connectivity index (χ3v) is 3.84. The van der Waals surface area contributed by atoms with Gasteiger partial charge in [0.1, 0.15) is 0 Å². The van der Waals surface area contributed by atoms with Crippen LogP contribution < -0.4 is 0 Å². The van der Waals surface area contributed by atoms with E-state index in [-0.39, 0.29) is 11.5 Å². The maximum Gasteiger partial charge on any atom is 0.168 e. The van der Waals surface area contributed by atoms with Gasteiger partial charge in [-0.3, -0.25) is 0 Å². The molecular weight excluding hydrogens is 220 g/mol. The largest absolute Gasteiger partial charge is 0.487 e. The van der Waals surface area contributed by atoms with Crippen molar-refractivity contribution in [1.29, 1.82) is 0 Å². The van der Waals surface area contributed by atoms with E-state index in [4.69, 9.17) is 21.7 Å². The topological polar surface area (TPSA) is 18.5 Å². The van der Waals surface area contributed by atoms with Crippen LogP contribution in [0.3, 0.4) is 0 Å². The van der Waals surface area contributed by atoms with Crippen LogP contribution in [0.4, 0.5) is 0 Å². The summed E-state index contributed by atoms with van der Waals surface area (Å²) in [4.78, 5) is 0. The van der Waals surface area contributed by atoms with Crippen molar-refractivity contribution < 1.29 is 9.47 Å². The molecule has 0 bridgehead atoms. The number of ether oxygens (including phenoxy) is 2. The van der Waals surface area contributed by atoms with Crippen molar-refractivity contribution in [3.63, 3.8) is 0 Å². The van der Waals surface area contributed by atoms with Crippen LogP contribution in [0.1, 0.15) is 40.0 Å². The molecule has 1 heterocycles. The molecule has 0 amide bonds. The Morgan fingerprint density at radius 2 is 2.31 bits per heavy atom. The minimum absolute atomic E-state index is 0.166. The standard InChI is InChI=1S/C13H22O2S/c1-5-9-13(4,12(16)14-6-2)11-8-7-10(3)15-11/h5,10-11H,1,6-9H2,2-4H3/t10-,11-,13?/m0/s1. The minimum atomic E-state index is -0.210. The normalized spacial score (nSPS) is 28.4. The maximum atomic E-state index is 5.93. The van der Waals surface area contributed by atoms with Crippen LogP contribution in [-0.2, 0) is 9.47 Å². The van der Waals surface area contributed by atoms with Crippen LogP contribution >= 0.6 is 12.2 Å². The molecule has 0 radical (unpaired) electrons. The first-order chi connectivity index (χ1) is 7.54. The molecule has 1 saturated heterocycles. The molecule has 0 aromatic carbocycles.